The molecule has 0 aromatic heterocycles. The van der Waals surface area contributed by atoms with Gasteiger partial charge in [0.2, 0.25) is 0 Å². The lowest BCUT2D eigenvalue weighted by atomic mass is 10.1. The van der Waals surface area contributed by atoms with Gasteiger partial charge < -0.3 is 15.1 Å². The maximum Gasteiger partial charge on any atom is 0.146 e. The van der Waals surface area contributed by atoms with Gasteiger partial charge in [-0.15, -0.1) is 0 Å². The molecule has 1 aromatic rings. The Balaban J connectivity index is 2.05. The summed E-state index contributed by atoms with van der Waals surface area (Å²) in [5, 5.41) is 3.49. The summed E-state index contributed by atoms with van der Waals surface area (Å²) in [5.41, 5.74) is 1.86. The molecule has 0 amide bonds. The molecule has 1 aromatic carbocycles. The Morgan fingerprint density at radius 2 is 2.00 bits per heavy atom. The zero-order chi connectivity index (χ0) is 15.2. The van der Waals surface area contributed by atoms with Crippen LogP contribution in [0.4, 0.5) is 10.1 Å². The molecule has 0 aliphatic heterocycles. The summed E-state index contributed by atoms with van der Waals surface area (Å²) in [7, 11) is 4.15. The summed E-state index contributed by atoms with van der Waals surface area (Å²) in [6.45, 7) is 5.62. The van der Waals surface area contributed by atoms with Crippen LogP contribution >= 0.6 is 0 Å². The van der Waals surface area contributed by atoms with Crippen LogP contribution in [0.2, 0.25) is 0 Å². The summed E-state index contributed by atoms with van der Waals surface area (Å²) in [6, 6.07) is 6.08. The average molecular weight is 293 g/mol. The molecule has 1 fully saturated rings. The van der Waals surface area contributed by atoms with E-state index < -0.39 is 0 Å². The predicted molar refractivity (Wildman–Crippen MR) is 87.3 cm³/mol. The molecule has 3 nitrogen and oxygen atoms in total. The third-order valence-corrected chi connectivity index (χ3v) is 3.96. The van der Waals surface area contributed by atoms with Crippen molar-refractivity contribution in [2.24, 2.45) is 0 Å². The van der Waals surface area contributed by atoms with Crippen LogP contribution in [0.5, 0.6) is 0 Å². The zero-order valence-corrected chi connectivity index (χ0v) is 13.5. The average Bonchev–Trinajstić information content (AvgIpc) is 3.26. The molecule has 0 atom stereocenters. The van der Waals surface area contributed by atoms with Gasteiger partial charge in [0.25, 0.3) is 0 Å². The van der Waals surface area contributed by atoms with Crippen molar-refractivity contribution in [2.75, 3.05) is 38.6 Å². The smallest absolute Gasteiger partial charge is 0.146 e. The van der Waals surface area contributed by atoms with E-state index in [9.17, 15) is 4.39 Å². The van der Waals surface area contributed by atoms with E-state index in [4.69, 9.17) is 0 Å². The third-order valence-electron chi connectivity index (χ3n) is 3.96. The van der Waals surface area contributed by atoms with E-state index in [-0.39, 0.29) is 5.82 Å². The van der Waals surface area contributed by atoms with Gasteiger partial charge in [-0.1, -0.05) is 12.1 Å². The maximum absolute atomic E-state index is 14.3. The van der Waals surface area contributed by atoms with E-state index in [1.54, 1.807) is 6.07 Å². The summed E-state index contributed by atoms with van der Waals surface area (Å²) in [6.07, 6.45) is 3.56. The van der Waals surface area contributed by atoms with E-state index in [1.165, 1.54) is 12.8 Å². The molecule has 0 bridgehead atoms. The Morgan fingerprint density at radius 1 is 1.24 bits per heavy atom. The van der Waals surface area contributed by atoms with E-state index in [0.717, 1.165) is 43.9 Å². The summed E-state index contributed by atoms with van der Waals surface area (Å²) in [4.78, 5) is 4.34. The highest BCUT2D eigenvalue weighted by atomic mass is 19.1. The molecule has 0 unspecified atom stereocenters. The fourth-order valence-electron chi connectivity index (χ4n) is 2.60. The minimum atomic E-state index is -0.100. The number of nitrogens with zero attached hydrogens (tertiary/aromatic N) is 2. The topological polar surface area (TPSA) is 18.5 Å². The lowest BCUT2D eigenvalue weighted by molar-refractivity contribution is 0.400. The lowest BCUT2D eigenvalue weighted by Crippen LogP contribution is -2.29. The van der Waals surface area contributed by atoms with Crippen LogP contribution in [0.25, 0.3) is 0 Å². The molecule has 1 saturated carbocycles. The van der Waals surface area contributed by atoms with Crippen molar-refractivity contribution < 1.29 is 4.39 Å². The van der Waals surface area contributed by atoms with Crippen LogP contribution in [0, 0.1) is 5.82 Å². The second-order valence-electron chi connectivity index (χ2n) is 6.14. The fraction of sp³-hybridized carbons (Fsp3) is 0.647. The molecule has 4 heteroatoms. The van der Waals surface area contributed by atoms with Crippen molar-refractivity contribution >= 4 is 5.69 Å². The molecule has 0 heterocycles. The van der Waals surface area contributed by atoms with Crippen LogP contribution in [0.15, 0.2) is 18.2 Å². The lowest BCUT2D eigenvalue weighted by Gasteiger charge is -2.27. The molecule has 2 rings (SSSR count). The molecule has 1 N–H and O–H groups in total. The molecule has 118 valence electrons. The van der Waals surface area contributed by atoms with Gasteiger partial charge in [-0.05, 0) is 58.5 Å². The van der Waals surface area contributed by atoms with E-state index in [0.29, 0.717) is 6.04 Å². The summed E-state index contributed by atoms with van der Waals surface area (Å²) >= 11 is 0. The van der Waals surface area contributed by atoms with Crippen molar-refractivity contribution in [1.29, 1.82) is 0 Å². The first-order valence-electron chi connectivity index (χ1n) is 8.02. The minimum absolute atomic E-state index is 0.100. The standard InChI is InChI=1S/C17H28FN3/c1-4-21(12-6-11-20(2)3)17-14(7-5-8-16(17)18)13-19-15-9-10-15/h5,7-8,15,19H,4,6,9-13H2,1-3H3. The molecule has 1 aliphatic carbocycles. The SMILES string of the molecule is CCN(CCCN(C)C)c1c(F)cccc1CNC1CC1. The largest absolute Gasteiger partial charge is 0.369 e. The van der Waals surface area contributed by atoms with Gasteiger partial charge in [0.1, 0.15) is 5.82 Å². The number of nitrogens with one attached hydrogen (secondary N) is 1. The molecular weight excluding hydrogens is 265 g/mol. The Bertz CT molecular complexity index is 444. The van der Waals surface area contributed by atoms with Crippen LogP contribution in [0.3, 0.4) is 0 Å². The first-order valence-corrected chi connectivity index (χ1v) is 8.02. The normalized spacial score (nSPS) is 14.7. The number of para-hydroxylation sites is 1. The van der Waals surface area contributed by atoms with Crippen molar-refractivity contribution in [3.05, 3.63) is 29.6 Å². The molecular formula is C17H28FN3. The number of benzene rings is 1. The molecule has 0 spiro atoms. The van der Waals surface area contributed by atoms with E-state index in [2.05, 4.69) is 36.1 Å². The van der Waals surface area contributed by atoms with Gasteiger partial charge in [-0.25, -0.2) is 4.39 Å². The predicted octanol–water partition coefficient (Wildman–Crippen LogP) is 2.86. The zero-order valence-electron chi connectivity index (χ0n) is 13.5. The number of anilines is 1. The summed E-state index contributed by atoms with van der Waals surface area (Å²) < 4.78 is 14.3. The molecule has 21 heavy (non-hydrogen) atoms. The van der Waals surface area contributed by atoms with Gasteiger partial charge in [-0.2, -0.15) is 0 Å². The highest BCUT2D eigenvalue weighted by Crippen LogP contribution is 2.26. The second-order valence-corrected chi connectivity index (χ2v) is 6.14. The van der Waals surface area contributed by atoms with Gasteiger partial charge >= 0.3 is 0 Å². The highest BCUT2D eigenvalue weighted by molar-refractivity contribution is 5.55. The van der Waals surface area contributed by atoms with Gasteiger partial charge in [0, 0.05) is 25.7 Å². The Kier molecular flexibility index (Phi) is 6.00. The van der Waals surface area contributed by atoms with Crippen molar-refractivity contribution in [3.8, 4) is 0 Å². The Morgan fingerprint density at radius 3 is 2.62 bits per heavy atom. The van der Waals surface area contributed by atoms with Crippen molar-refractivity contribution in [2.45, 2.75) is 38.8 Å². The van der Waals surface area contributed by atoms with E-state index in [1.807, 2.05) is 12.1 Å². The third kappa shape index (κ3) is 4.97. The van der Waals surface area contributed by atoms with E-state index >= 15 is 0 Å². The molecule has 0 saturated heterocycles. The molecule has 0 radical (unpaired) electrons. The Hall–Kier alpha value is -1.13. The minimum Gasteiger partial charge on any atom is -0.369 e. The van der Waals surface area contributed by atoms with Crippen LogP contribution < -0.4 is 10.2 Å². The van der Waals surface area contributed by atoms with Gasteiger partial charge in [0.15, 0.2) is 0 Å². The van der Waals surface area contributed by atoms with Gasteiger partial charge in [0.05, 0.1) is 5.69 Å². The fourth-order valence-corrected chi connectivity index (χ4v) is 2.60. The second kappa shape index (κ2) is 7.76. The Labute approximate surface area is 128 Å². The maximum atomic E-state index is 14.3. The highest BCUT2D eigenvalue weighted by Gasteiger charge is 2.22. The number of halogens is 1. The first-order chi connectivity index (χ1) is 10.1. The quantitative estimate of drug-likeness (QED) is 0.755. The number of hydrogen-bond donors (Lipinski definition) is 1. The van der Waals surface area contributed by atoms with Crippen LogP contribution in [-0.2, 0) is 6.54 Å². The number of rotatable bonds is 9. The van der Waals surface area contributed by atoms with Crippen LogP contribution in [0.1, 0.15) is 31.7 Å². The first kappa shape index (κ1) is 16.2. The molecule has 1 aliphatic rings. The van der Waals surface area contributed by atoms with Crippen LogP contribution in [-0.4, -0.2) is 44.7 Å². The van der Waals surface area contributed by atoms with Crippen molar-refractivity contribution in [1.82, 2.24) is 10.2 Å². The summed E-state index contributed by atoms with van der Waals surface area (Å²) in [5.74, 6) is -0.100. The van der Waals surface area contributed by atoms with Gasteiger partial charge in [-0.3, -0.25) is 0 Å². The monoisotopic (exact) mass is 293 g/mol. The van der Waals surface area contributed by atoms with Crippen molar-refractivity contribution in [3.63, 3.8) is 0 Å². The number of hydrogen-bond acceptors (Lipinski definition) is 3.